The van der Waals surface area contributed by atoms with E-state index >= 15 is 0 Å². The van der Waals surface area contributed by atoms with E-state index in [9.17, 15) is 10.1 Å². The average Bonchev–Trinajstić information content (AvgIpc) is 2.59. The maximum absolute atomic E-state index is 10.3. The first-order valence-corrected chi connectivity index (χ1v) is 4.47. The van der Waals surface area contributed by atoms with Gasteiger partial charge in [-0.3, -0.25) is 10.1 Å². The molecular formula is C11H9NO3. The van der Waals surface area contributed by atoms with Crippen molar-refractivity contribution in [2.24, 2.45) is 0 Å². The molecule has 0 aliphatic heterocycles. The molecule has 0 aliphatic rings. The largest absolute Gasteiger partial charge is 0.456 e. The third kappa shape index (κ3) is 1.88. The lowest BCUT2D eigenvalue weighted by Crippen LogP contribution is -1.85. The van der Waals surface area contributed by atoms with Crippen LogP contribution in [0.5, 0.6) is 0 Å². The van der Waals surface area contributed by atoms with Crippen LogP contribution in [0.3, 0.4) is 0 Å². The van der Waals surface area contributed by atoms with Gasteiger partial charge in [-0.2, -0.15) is 0 Å². The van der Waals surface area contributed by atoms with Gasteiger partial charge in [0.1, 0.15) is 11.3 Å². The van der Waals surface area contributed by atoms with E-state index in [2.05, 4.69) is 0 Å². The molecule has 0 amide bonds. The summed E-state index contributed by atoms with van der Waals surface area (Å²) in [7, 11) is 0. The number of hydrogen-bond donors (Lipinski definition) is 0. The normalized spacial score (nSPS) is 11.9. The topological polar surface area (TPSA) is 56.3 Å². The van der Waals surface area contributed by atoms with Gasteiger partial charge in [-0.15, -0.1) is 0 Å². The Balaban J connectivity index is 2.49. The number of benzene rings is 1. The van der Waals surface area contributed by atoms with Crippen LogP contribution in [0.2, 0.25) is 0 Å². The summed E-state index contributed by atoms with van der Waals surface area (Å²) in [5.74, 6) is 0.535. The molecule has 0 bridgehead atoms. The number of allylic oxidation sites excluding steroid dienone is 1. The van der Waals surface area contributed by atoms with Gasteiger partial charge in [0.05, 0.1) is 10.5 Å². The standard InChI is InChI=1S/C11H9NO3/c1-8(7-12(13)14)11-6-9-4-2-3-5-10(9)15-11/h2-7H,1H3/b8-7+. The molecule has 2 rings (SSSR count). The summed E-state index contributed by atoms with van der Waals surface area (Å²) in [6, 6.07) is 9.29. The summed E-state index contributed by atoms with van der Waals surface area (Å²) >= 11 is 0. The Kier molecular flexibility index (Phi) is 2.25. The second-order valence-electron chi connectivity index (χ2n) is 3.25. The Morgan fingerprint density at radius 1 is 1.47 bits per heavy atom. The van der Waals surface area contributed by atoms with Crippen LogP contribution in [0.1, 0.15) is 12.7 Å². The second-order valence-corrected chi connectivity index (χ2v) is 3.25. The van der Waals surface area contributed by atoms with Crippen LogP contribution in [0, 0.1) is 10.1 Å². The third-order valence-electron chi connectivity index (χ3n) is 2.11. The maximum Gasteiger partial charge on any atom is 0.241 e. The van der Waals surface area contributed by atoms with Crippen molar-refractivity contribution in [3.63, 3.8) is 0 Å². The van der Waals surface area contributed by atoms with Crippen molar-refractivity contribution in [3.05, 3.63) is 52.4 Å². The highest BCUT2D eigenvalue weighted by molar-refractivity contribution is 5.81. The number of hydrogen-bond acceptors (Lipinski definition) is 3. The predicted octanol–water partition coefficient (Wildman–Crippen LogP) is 3.07. The van der Waals surface area contributed by atoms with E-state index in [0.29, 0.717) is 11.3 Å². The molecule has 0 spiro atoms. The molecule has 15 heavy (non-hydrogen) atoms. The van der Waals surface area contributed by atoms with E-state index in [0.717, 1.165) is 17.2 Å². The maximum atomic E-state index is 10.3. The molecule has 0 aliphatic carbocycles. The lowest BCUT2D eigenvalue weighted by molar-refractivity contribution is -0.401. The zero-order valence-electron chi connectivity index (χ0n) is 8.14. The molecule has 4 heteroatoms. The Bertz CT molecular complexity index is 507. The van der Waals surface area contributed by atoms with Crippen molar-refractivity contribution in [2.45, 2.75) is 6.92 Å². The minimum absolute atomic E-state index is 0.484. The van der Waals surface area contributed by atoms with Gasteiger partial charge in [0.2, 0.25) is 6.20 Å². The summed E-state index contributed by atoms with van der Waals surface area (Å²) in [6.45, 7) is 1.65. The van der Waals surface area contributed by atoms with Crippen molar-refractivity contribution >= 4 is 16.5 Å². The molecule has 0 N–H and O–H groups in total. The van der Waals surface area contributed by atoms with Crippen LogP contribution in [-0.2, 0) is 0 Å². The van der Waals surface area contributed by atoms with Crippen LogP contribution in [0.25, 0.3) is 16.5 Å². The molecule has 0 radical (unpaired) electrons. The van der Waals surface area contributed by atoms with E-state index in [1.54, 1.807) is 13.0 Å². The molecule has 0 atom stereocenters. The lowest BCUT2D eigenvalue weighted by Gasteiger charge is -1.89. The number of nitro groups is 1. The van der Waals surface area contributed by atoms with Gasteiger partial charge in [0.15, 0.2) is 0 Å². The fraction of sp³-hybridized carbons (Fsp3) is 0.0909. The lowest BCUT2D eigenvalue weighted by atomic mass is 10.2. The Hall–Kier alpha value is -2.10. The molecule has 76 valence electrons. The molecule has 0 fully saturated rings. The van der Waals surface area contributed by atoms with Gasteiger partial charge >= 0.3 is 0 Å². The van der Waals surface area contributed by atoms with Crippen molar-refractivity contribution in [1.82, 2.24) is 0 Å². The Morgan fingerprint density at radius 2 is 2.20 bits per heavy atom. The van der Waals surface area contributed by atoms with Crippen LogP contribution >= 0.6 is 0 Å². The summed E-state index contributed by atoms with van der Waals surface area (Å²) in [5, 5.41) is 11.2. The van der Waals surface area contributed by atoms with Crippen LogP contribution in [0.4, 0.5) is 0 Å². The first kappa shape index (κ1) is 9.45. The van der Waals surface area contributed by atoms with Gasteiger partial charge in [0, 0.05) is 5.39 Å². The SMILES string of the molecule is C/C(=C\[N+](=O)[O-])c1cc2ccccc2o1. The number of furan rings is 1. The zero-order valence-corrected chi connectivity index (χ0v) is 8.14. The third-order valence-corrected chi connectivity index (χ3v) is 2.11. The highest BCUT2D eigenvalue weighted by Crippen LogP contribution is 2.23. The van der Waals surface area contributed by atoms with E-state index in [1.165, 1.54) is 0 Å². The second kappa shape index (κ2) is 3.57. The smallest absolute Gasteiger partial charge is 0.241 e. The summed E-state index contributed by atoms with van der Waals surface area (Å²) in [6.07, 6.45) is 0.942. The molecule has 4 nitrogen and oxygen atoms in total. The van der Waals surface area contributed by atoms with E-state index < -0.39 is 4.92 Å². The highest BCUT2D eigenvalue weighted by atomic mass is 16.6. The van der Waals surface area contributed by atoms with Gasteiger partial charge in [-0.05, 0) is 19.1 Å². The number of para-hydroxylation sites is 1. The first-order chi connectivity index (χ1) is 7.16. The summed E-state index contributed by atoms with van der Waals surface area (Å²) in [5.41, 5.74) is 1.25. The monoisotopic (exact) mass is 203 g/mol. The molecule has 0 saturated heterocycles. The van der Waals surface area contributed by atoms with Gasteiger partial charge < -0.3 is 4.42 Å². The molecule has 1 aromatic heterocycles. The number of rotatable bonds is 2. The van der Waals surface area contributed by atoms with Crippen molar-refractivity contribution in [2.75, 3.05) is 0 Å². The van der Waals surface area contributed by atoms with Crippen molar-refractivity contribution in [1.29, 1.82) is 0 Å². The van der Waals surface area contributed by atoms with Gasteiger partial charge in [-0.25, -0.2) is 0 Å². The van der Waals surface area contributed by atoms with Crippen molar-refractivity contribution in [3.8, 4) is 0 Å². The Morgan fingerprint density at radius 3 is 2.87 bits per heavy atom. The summed E-state index contributed by atoms with van der Waals surface area (Å²) in [4.78, 5) is 9.80. The van der Waals surface area contributed by atoms with E-state index in [1.807, 2.05) is 24.3 Å². The highest BCUT2D eigenvalue weighted by Gasteiger charge is 2.07. The predicted molar refractivity (Wildman–Crippen MR) is 56.9 cm³/mol. The molecular weight excluding hydrogens is 194 g/mol. The fourth-order valence-electron chi connectivity index (χ4n) is 1.40. The average molecular weight is 203 g/mol. The molecule has 2 aromatic rings. The minimum atomic E-state index is -0.484. The number of nitrogens with zero attached hydrogens (tertiary/aromatic N) is 1. The van der Waals surface area contributed by atoms with Crippen molar-refractivity contribution < 1.29 is 9.34 Å². The first-order valence-electron chi connectivity index (χ1n) is 4.47. The van der Waals surface area contributed by atoms with E-state index in [-0.39, 0.29) is 0 Å². The van der Waals surface area contributed by atoms with Gasteiger partial charge in [-0.1, -0.05) is 18.2 Å². The molecule has 0 saturated carbocycles. The van der Waals surface area contributed by atoms with Crippen LogP contribution < -0.4 is 0 Å². The van der Waals surface area contributed by atoms with Crippen LogP contribution in [-0.4, -0.2) is 4.92 Å². The summed E-state index contributed by atoms with van der Waals surface area (Å²) < 4.78 is 5.46. The van der Waals surface area contributed by atoms with Crippen LogP contribution in [0.15, 0.2) is 40.9 Å². The minimum Gasteiger partial charge on any atom is -0.456 e. The zero-order chi connectivity index (χ0) is 10.8. The van der Waals surface area contributed by atoms with E-state index in [4.69, 9.17) is 4.42 Å². The number of fused-ring (bicyclic) bond motifs is 1. The fourth-order valence-corrected chi connectivity index (χ4v) is 1.40. The molecule has 0 unspecified atom stereocenters. The molecule has 1 heterocycles. The van der Waals surface area contributed by atoms with Gasteiger partial charge in [0.25, 0.3) is 0 Å². The quantitative estimate of drug-likeness (QED) is 0.556. The molecule has 1 aromatic carbocycles. The Labute approximate surface area is 86.0 Å².